The zero-order chi connectivity index (χ0) is 18.5. The highest BCUT2D eigenvalue weighted by Crippen LogP contribution is 2.22. The van der Waals surface area contributed by atoms with Crippen LogP contribution in [0.3, 0.4) is 0 Å². The SMILES string of the molecule is CN(CCOc1ccccc1F)C(=O)c1cccc(N2CCCC2=O)c1. The number of amides is 2. The number of hydrogen-bond donors (Lipinski definition) is 0. The van der Waals surface area contributed by atoms with E-state index >= 15 is 0 Å². The van der Waals surface area contributed by atoms with Crippen molar-refractivity contribution < 1.29 is 18.7 Å². The topological polar surface area (TPSA) is 49.9 Å². The van der Waals surface area contributed by atoms with E-state index in [2.05, 4.69) is 0 Å². The highest BCUT2D eigenvalue weighted by atomic mass is 19.1. The molecule has 3 rings (SSSR count). The summed E-state index contributed by atoms with van der Waals surface area (Å²) in [6.07, 6.45) is 1.38. The van der Waals surface area contributed by atoms with Crippen molar-refractivity contribution in [2.24, 2.45) is 0 Å². The lowest BCUT2D eigenvalue weighted by Gasteiger charge is -2.20. The molecule has 0 spiro atoms. The van der Waals surface area contributed by atoms with Crippen molar-refractivity contribution in [2.45, 2.75) is 12.8 Å². The van der Waals surface area contributed by atoms with Crippen LogP contribution in [0.2, 0.25) is 0 Å². The van der Waals surface area contributed by atoms with Gasteiger partial charge in [-0.25, -0.2) is 4.39 Å². The summed E-state index contributed by atoms with van der Waals surface area (Å²) >= 11 is 0. The molecular weight excluding hydrogens is 335 g/mol. The van der Waals surface area contributed by atoms with Crippen molar-refractivity contribution in [1.29, 1.82) is 0 Å². The van der Waals surface area contributed by atoms with Crippen LogP contribution in [0.15, 0.2) is 48.5 Å². The van der Waals surface area contributed by atoms with E-state index in [9.17, 15) is 14.0 Å². The molecule has 1 aliphatic heterocycles. The number of benzene rings is 2. The molecule has 0 N–H and O–H groups in total. The van der Waals surface area contributed by atoms with E-state index in [-0.39, 0.29) is 24.2 Å². The molecule has 0 radical (unpaired) electrons. The molecule has 0 bridgehead atoms. The number of para-hydroxylation sites is 1. The summed E-state index contributed by atoms with van der Waals surface area (Å²) in [4.78, 5) is 27.7. The molecule has 0 aromatic heterocycles. The highest BCUT2D eigenvalue weighted by molar-refractivity contribution is 5.99. The zero-order valence-corrected chi connectivity index (χ0v) is 14.7. The van der Waals surface area contributed by atoms with Crippen LogP contribution in [0.25, 0.3) is 0 Å². The van der Waals surface area contributed by atoms with Gasteiger partial charge in [0.25, 0.3) is 5.91 Å². The molecule has 2 aromatic carbocycles. The lowest BCUT2D eigenvalue weighted by Crippen LogP contribution is -2.31. The number of nitrogens with zero attached hydrogens (tertiary/aromatic N) is 2. The molecule has 1 fully saturated rings. The maximum Gasteiger partial charge on any atom is 0.253 e. The number of likely N-dealkylation sites (N-methyl/N-ethyl adjacent to an activating group) is 1. The van der Waals surface area contributed by atoms with Crippen LogP contribution < -0.4 is 9.64 Å². The standard InChI is InChI=1S/C20H21FN2O3/c1-22(12-13-26-18-9-3-2-8-17(18)21)20(25)15-6-4-7-16(14-15)23-11-5-10-19(23)24/h2-4,6-9,14H,5,10-13H2,1H3. The molecule has 136 valence electrons. The molecule has 2 amide bonds. The quantitative estimate of drug-likeness (QED) is 0.799. The molecule has 26 heavy (non-hydrogen) atoms. The van der Waals surface area contributed by atoms with Crippen molar-refractivity contribution in [3.63, 3.8) is 0 Å². The van der Waals surface area contributed by atoms with Gasteiger partial charge in [0, 0.05) is 31.3 Å². The lowest BCUT2D eigenvalue weighted by atomic mass is 10.1. The first kappa shape index (κ1) is 17.9. The first-order valence-corrected chi connectivity index (χ1v) is 8.59. The molecule has 1 aliphatic rings. The van der Waals surface area contributed by atoms with Crippen LogP contribution in [0.4, 0.5) is 10.1 Å². The normalized spacial score (nSPS) is 13.8. The second kappa shape index (κ2) is 7.99. The smallest absolute Gasteiger partial charge is 0.253 e. The van der Waals surface area contributed by atoms with Crippen LogP contribution >= 0.6 is 0 Å². The second-order valence-electron chi connectivity index (χ2n) is 6.20. The fourth-order valence-electron chi connectivity index (χ4n) is 2.90. The summed E-state index contributed by atoms with van der Waals surface area (Å²) in [6, 6.07) is 13.2. The van der Waals surface area contributed by atoms with E-state index in [4.69, 9.17) is 4.74 Å². The van der Waals surface area contributed by atoms with E-state index in [1.807, 2.05) is 6.07 Å². The average Bonchev–Trinajstić information content (AvgIpc) is 3.08. The Morgan fingerprint density at radius 1 is 1.23 bits per heavy atom. The van der Waals surface area contributed by atoms with Gasteiger partial charge in [0.1, 0.15) is 6.61 Å². The maximum absolute atomic E-state index is 13.5. The van der Waals surface area contributed by atoms with E-state index in [0.29, 0.717) is 25.1 Å². The molecule has 0 aliphatic carbocycles. The Labute approximate surface area is 152 Å². The minimum atomic E-state index is -0.426. The van der Waals surface area contributed by atoms with Gasteiger partial charge in [0.05, 0.1) is 6.54 Å². The highest BCUT2D eigenvalue weighted by Gasteiger charge is 2.22. The molecule has 5 nitrogen and oxygen atoms in total. The molecule has 0 unspecified atom stereocenters. The maximum atomic E-state index is 13.5. The van der Waals surface area contributed by atoms with Crippen molar-refractivity contribution in [2.75, 3.05) is 31.6 Å². The van der Waals surface area contributed by atoms with Crippen LogP contribution in [-0.2, 0) is 4.79 Å². The average molecular weight is 356 g/mol. The van der Waals surface area contributed by atoms with E-state index in [1.165, 1.54) is 11.0 Å². The van der Waals surface area contributed by atoms with Crippen molar-refractivity contribution in [3.8, 4) is 5.75 Å². The largest absolute Gasteiger partial charge is 0.489 e. The van der Waals surface area contributed by atoms with Gasteiger partial charge in [0.15, 0.2) is 11.6 Å². The fourth-order valence-corrected chi connectivity index (χ4v) is 2.90. The molecule has 2 aromatic rings. The Bertz CT molecular complexity index is 809. The third-order valence-electron chi connectivity index (χ3n) is 4.35. The van der Waals surface area contributed by atoms with Gasteiger partial charge in [-0.2, -0.15) is 0 Å². The molecule has 0 atom stereocenters. The fraction of sp³-hybridized carbons (Fsp3) is 0.300. The predicted molar refractivity (Wildman–Crippen MR) is 96.9 cm³/mol. The molecule has 6 heteroatoms. The summed E-state index contributed by atoms with van der Waals surface area (Å²) in [6.45, 7) is 1.19. The van der Waals surface area contributed by atoms with E-state index in [1.54, 1.807) is 48.3 Å². The Balaban J connectivity index is 1.60. The Kier molecular flexibility index (Phi) is 5.51. The van der Waals surface area contributed by atoms with Crippen LogP contribution in [0.1, 0.15) is 23.2 Å². The Morgan fingerprint density at radius 2 is 2.04 bits per heavy atom. The zero-order valence-electron chi connectivity index (χ0n) is 14.7. The minimum absolute atomic E-state index is 0.0845. The first-order chi connectivity index (χ1) is 12.6. The third-order valence-corrected chi connectivity index (χ3v) is 4.35. The van der Waals surface area contributed by atoms with Crippen molar-refractivity contribution in [1.82, 2.24) is 4.90 Å². The second-order valence-corrected chi connectivity index (χ2v) is 6.20. The van der Waals surface area contributed by atoms with Crippen molar-refractivity contribution >= 4 is 17.5 Å². The number of carbonyl (C=O) groups is 2. The summed E-state index contributed by atoms with van der Waals surface area (Å²) in [7, 11) is 1.67. The monoisotopic (exact) mass is 356 g/mol. The van der Waals surface area contributed by atoms with Gasteiger partial charge in [0.2, 0.25) is 5.91 Å². The van der Waals surface area contributed by atoms with Gasteiger partial charge in [-0.15, -0.1) is 0 Å². The van der Waals surface area contributed by atoms with E-state index in [0.717, 1.165) is 12.1 Å². The predicted octanol–water partition coefficient (Wildman–Crippen LogP) is 3.10. The van der Waals surface area contributed by atoms with Gasteiger partial charge in [-0.3, -0.25) is 9.59 Å². The van der Waals surface area contributed by atoms with Gasteiger partial charge >= 0.3 is 0 Å². The summed E-state index contributed by atoms with van der Waals surface area (Å²) in [5, 5.41) is 0. The molecule has 1 heterocycles. The van der Waals surface area contributed by atoms with Crippen LogP contribution in [-0.4, -0.2) is 43.5 Å². The number of hydrogen-bond acceptors (Lipinski definition) is 3. The Hall–Kier alpha value is -2.89. The number of halogens is 1. The van der Waals surface area contributed by atoms with Crippen LogP contribution in [0, 0.1) is 5.82 Å². The lowest BCUT2D eigenvalue weighted by molar-refractivity contribution is -0.117. The van der Waals surface area contributed by atoms with Gasteiger partial charge < -0.3 is 14.5 Å². The van der Waals surface area contributed by atoms with Gasteiger partial charge in [-0.05, 0) is 36.8 Å². The molecular formula is C20H21FN2O3. The number of anilines is 1. The van der Waals surface area contributed by atoms with Gasteiger partial charge in [-0.1, -0.05) is 18.2 Å². The number of rotatable bonds is 6. The Morgan fingerprint density at radius 3 is 2.77 bits per heavy atom. The summed E-state index contributed by atoms with van der Waals surface area (Å²) in [5.74, 6) is -0.343. The number of carbonyl (C=O) groups excluding carboxylic acids is 2. The number of ether oxygens (including phenoxy) is 1. The van der Waals surface area contributed by atoms with Crippen LogP contribution in [0.5, 0.6) is 5.75 Å². The first-order valence-electron chi connectivity index (χ1n) is 8.59. The third kappa shape index (κ3) is 4.02. The van der Waals surface area contributed by atoms with E-state index < -0.39 is 5.82 Å². The summed E-state index contributed by atoms with van der Waals surface area (Å²) < 4.78 is 18.9. The molecule has 1 saturated heterocycles. The van der Waals surface area contributed by atoms with Crippen molar-refractivity contribution in [3.05, 3.63) is 59.9 Å². The summed E-state index contributed by atoms with van der Waals surface area (Å²) in [5.41, 5.74) is 1.25. The minimum Gasteiger partial charge on any atom is -0.489 e. The molecule has 0 saturated carbocycles.